The Labute approximate surface area is 214 Å². The zero-order valence-electron chi connectivity index (χ0n) is 21.1. The number of rotatable bonds is 6. The van der Waals surface area contributed by atoms with Crippen LogP contribution >= 0.6 is 0 Å². The summed E-state index contributed by atoms with van der Waals surface area (Å²) in [6.45, 7) is 5.60. The molecule has 1 fully saturated rings. The van der Waals surface area contributed by atoms with E-state index in [1.807, 2.05) is 19.2 Å². The van der Waals surface area contributed by atoms with Crippen molar-refractivity contribution in [1.82, 2.24) is 19.6 Å². The van der Waals surface area contributed by atoms with Crippen LogP contribution in [0.3, 0.4) is 0 Å². The lowest BCUT2D eigenvalue weighted by atomic mass is 9.74. The Morgan fingerprint density at radius 1 is 1.14 bits per heavy atom. The van der Waals surface area contributed by atoms with Crippen molar-refractivity contribution < 1.29 is 18.6 Å². The van der Waals surface area contributed by atoms with E-state index in [4.69, 9.17) is 10.5 Å². The highest BCUT2D eigenvalue weighted by molar-refractivity contribution is 5.64. The number of hydrogen-bond acceptors (Lipinski definition) is 6. The number of halogens is 2. The molecule has 4 aromatic rings. The van der Waals surface area contributed by atoms with Crippen LogP contribution in [0.15, 0.2) is 48.9 Å². The number of aliphatic hydroxyl groups excluding tert-OH is 1. The fourth-order valence-electron chi connectivity index (χ4n) is 5.30. The van der Waals surface area contributed by atoms with Crippen LogP contribution in [0.4, 0.5) is 8.78 Å². The van der Waals surface area contributed by atoms with Gasteiger partial charge in [0.05, 0.1) is 35.2 Å². The van der Waals surface area contributed by atoms with Gasteiger partial charge in [0, 0.05) is 37.0 Å². The first-order chi connectivity index (χ1) is 17.7. The van der Waals surface area contributed by atoms with Gasteiger partial charge < -0.3 is 15.6 Å². The topological polar surface area (TPSA) is 98.6 Å². The van der Waals surface area contributed by atoms with E-state index in [9.17, 15) is 13.9 Å². The van der Waals surface area contributed by atoms with Gasteiger partial charge in [-0.15, -0.1) is 0 Å². The maximum absolute atomic E-state index is 14.9. The molecule has 0 spiro atoms. The fraction of sp³-hybridized carbons (Fsp3) is 0.393. The summed E-state index contributed by atoms with van der Waals surface area (Å²) >= 11 is 0. The molecule has 3 aromatic heterocycles. The number of hydrogen-bond donors (Lipinski definition) is 2. The number of fused-ring (bicyclic) bond motifs is 1. The van der Waals surface area contributed by atoms with E-state index in [0.29, 0.717) is 24.2 Å². The lowest BCUT2D eigenvalue weighted by molar-refractivity contribution is 0.0519. The average molecular weight is 508 g/mol. The summed E-state index contributed by atoms with van der Waals surface area (Å²) in [5, 5.41) is 14.8. The molecule has 9 heteroatoms. The molecule has 3 N–H and O–H groups in total. The molecule has 194 valence electrons. The predicted molar refractivity (Wildman–Crippen MR) is 136 cm³/mol. The van der Waals surface area contributed by atoms with Gasteiger partial charge in [0.1, 0.15) is 23.2 Å². The van der Waals surface area contributed by atoms with Crippen LogP contribution in [-0.4, -0.2) is 42.9 Å². The van der Waals surface area contributed by atoms with Crippen LogP contribution in [0.1, 0.15) is 56.5 Å². The Hall–Kier alpha value is -3.43. The molecule has 1 aliphatic carbocycles. The summed E-state index contributed by atoms with van der Waals surface area (Å²) in [6, 6.07) is 7.38. The molecule has 0 amide bonds. The van der Waals surface area contributed by atoms with Crippen LogP contribution in [0.5, 0.6) is 5.75 Å². The van der Waals surface area contributed by atoms with Gasteiger partial charge in [-0.25, -0.2) is 18.3 Å². The van der Waals surface area contributed by atoms with Gasteiger partial charge in [-0.05, 0) is 67.9 Å². The molecular weight excluding hydrogens is 476 g/mol. The van der Waals surface area contributed by atoms with Crippen LogP contribution in [0.25, 0.3) is 16.8 Å². The summed E-state index contributed by atoms with van der Waals surface area (Å²) in [5.74, 6) is -0.456. The highest BCUT2D eigenvalue weighted by Gasteiger charge is 2.33. The lowest BCUT2D eigenvalue weighted by Crippen LogP contribution is -2.44. The van der Waals surface area contributed by atoms with Gasteiger partial charge in [0.25, 0.3) is 0 Å². The van der Waals surface area contributed by atoms with Crippen LogP contribution < -0.4 is 10.5 Å². The molecule has 0 bridgehead atoms. The van der Waals surface area contributed by atoms with Gasteiger partial charge in [0.2, 0.25) is 0 Å². The van der Waals surface area contributed by atoms with Gasteiger partial charge in [0.15, 0.2) is 0 Å². The number of benzene rings is 1. The molecule has 1 aliphatic rings. The van der Waals surface area contributed by atoms with Crippen molar-refractivity contribution in [3.05, 3.63) is 77.5 Å². The Bertz CT molecular complexity index is 1390. The molecule has 1 saturated carbocycles. The minimum Gasteiger partial charge on any atom is -0.491 e. The van der Waals surface area contributed by atoms with Crippen molar-refractivity contribution in [2.45, 2.75) is 64.2 Å². The van der Waals surface area contributed by atoms with Crippen molar-refractivity contribution in [2.75, 3.05) is 0 Å². The number of pyridine rings is 1. The van der Waals surface area contributed by atoms with Crippen molar-refractivity contribution >= 4 is 5.52 Å². The van der Waals surface area contributed by atoms with E-state index >= 15 is 0 Å². The first kappa shape index (κ1) is 25.2. The number of aliphatic hydroxyl groups is 1. The summed E-state index contributed by atoms with van der Waals surface area (Å²) < 4.78 is 37.0. The summed E-state index contributed by atoms with van der Waals surface area (Å²) in [4.78, 5) is 8.87. The molecule has 37 heavy (non-hydrogen) atoms. The zero-order valence-corrected chi connectivity index (χ0v) is 21.1. The van der Waals surface area contributed by atoms with E-state index in [-0.39, 0.29) is 41.0 Å². The third-order valence-corrected chi connectivity index (χ3v) is 7.06. The molecule has 0 radical (unpaired) electrons. The first-order valence-corrected chi connectivity index (χ1v) is 12.6. The number of nitrogens with two attached hydrogens (primary N) is 1. The molecular formula is C28H31F2N5O2. The Kier molecular flexibility index (Phi) is 6.92. The Morgan fingerprint density at radius 2 is 1.89 bits per heavy atom. The van der Waals surface area contributed by atoms with Crippen LogP contribution in [0, 0.1) is 17.6 Å². The fourth-order valence-corrected chi connectivity index (χ4v) is 5.30. The van der Waals surface area contributed by atoms with Crippen molar-refractivity contribution in [2.24, 2.45) is 11.7 Å². The van der Waals surface area contributed by atoms with Crippen molar-refractivity contribution in [1.29, 1.82) is 0 Å². The Morgan fingerprint density at radius 3 is 2.59 bits per heavy atom. The number of imidazole rings is 1. The molecule has 7 nitrogen and oxygen atoms in total. The SMILES string of the molecule is CC(C)Oc1cc(F)c(-c2ccc3cnc(Cc4cnccc4[C@H]4C[C@@H](N)[C@H](O)[C@@H](C)C4)n3n2)c(F)c1. The summed E-state index contributed by atoms with van der Waals surface area (Å²) in [5.41, 5.74) is 8.98. The second kappa shape index (κ2) is 10.1. The van der Waals surface area contributed by atoms with Gasteiger partial charge in [-0.2, -0.15) is 5.10 Å². The maximum Gasteiger partial charge on any atom is 0.139 e. The predicted octanol–water partition coefficient (Wildman–Crippen LogP) is 4.65. The minimum absolute atomic E-state index is 0.0911. The molecule has 1 aromatic carbocycles. The second-order valence-electron chi connectivity index (χ2n) is 10.2. The standard InChI is InChI=1S/C28H31F2N5O2/c1-15(2)37-20-11-22(29)27(23(30)12-20)25-5-4-19-14-33-26(35(19)34-25)10-18-13-32-7-6-21(18)17-8-16(3)28(36)24(31)9-17/h4-7,11-17,24,28,36H,8-10,31H2,1-3H3/t16-,17+,24+,28+/m0/s1. The third-order valence-electron chi connectivity index (χ3n) is 7.06. The molecule has 0 saturated heterocycles. The van der Waals surface area contributed by atoms with E-state index < -0.39 is 17.7 Å². The molecule has 0 unspecified atom stereocenters. The lowest BCUT2D eigenvalue weighted by Gasteiger charge is -2.36. The number of nitrogens with zero attached hydrogens (tertiary/aromatic N) is 4. The van der Waals surface area contributed by atoms with Gasteiger partial charge in [-0.1, -0.05) is 6.92 Å². The quantitative estimate of drug-likeness (QED) is 0.394. The van der Waals surface area contributed by atoms with E-state index in [0.717, 1.165) is 17.5 Å². The van der Waals surface area contributed by atoms with Crippen LogP contribution in [-0.2, 0) is 6.42 Å². The van der Waals surface area contributed by atoms with Gasteiger partial charge >= 0.3 is 0 Å². The maximum atomic E-state index is 14.9. The molecule has 0 aliphatic heterocycles. The minimum atomic E-state index is -0.747. The van der Waals surface area contributed by atoms with E-state index in [1.165, 1.54) is 12.1 Å². The third kappa shape index (κ3) is 5.06. The average Bonchev–Trinajstić information content (AvgIpc) is 3.24. The van der Waals surface area contributed by atoms with E-state index in [2.05, 4.69) is 15.1 Å². The van der Waals surface area contributed by atoms with Crippen molar-refractivity contribution in [3.8, 4) is 17.0 Å². The first-order valence-electron chi connectivity index (χ1n) is 12.6. The number of aromatic nitrogens is 4. The number of ether oxygens (including phenoxy) is 1. The Balaban J connectivity index is 1.48. The highest BCUT2D eigenvalue weighted by Crippen LogP contribution is 2.37. The molecule has 4 atom stereocenters. The van der Waals surface area contributed by atoms with Crippen LogP contribution in [0.2, 0.25) is 0 Å². The largest absolute Gasteiger partial charge is 0.491 e. The summed E-state index contributed by atoms with van der Waals surface area (Å²) in [6.07, 6.45) is 6.49. The highest BCUT2D eigenvalue weighted by atomic mass is 19.1. The smallest absolute Gasteiger partial charge is 0.139 e. The second-order valence-corrected chi connectivity index (χ2v) is 10.2. The zero-order chi connectivity index (χ0) is 26.3. The summed E-state index contributed by atoms with van der Waals surface area (Å²) in [7, 11) is 0. The van der Waals surface area contributed by atoms with E-state index in [1.54, 1.807) is 42.9 Å². The molecule has 5 rings (SSSR count). The molecule has 3 heterocycles. The van der Waals surface area contributed by atoms with Gasteiger partial charge in [-0.3, -0.25) is 4.98 Å². The normalized spacial score (nSPS) is 22.1. The monoisotopic (exact) mass is 507 g/mol. The van der Waals surface area contributed by atoms with Crippen molar-refractivity contribution in [3.63, 3.8) is 0 Å².